The monoisotopic (exact) mass is 279 g/mol. The van der Waals surface area contributed by atoms with E-state index >= 15 is 0 Å². The van der Waals surface area contributed by atoms with E-state index < -0.39 is 19.9 Å². The van der Waals surface area contributed by atoms with Crippen LogP contribution in [0.15, 0.2) is 34.1 Å². The zero-order valence-corrected chi connectivity index (χ0v) is 10.3. The average molecular weight is 279 g/mol. The van der Waals surface area contributed by atoms with Crippen molar-refractivity contribution in [3.8, 4) is 0 Å². The minimum Gasteiger partial charge on any atom is -0.358 e. The normalized spacial score (nSPS) is 12.1. The van der Waals surface area contributed by atoms with Crippen molar-refractivity contribution >= 4 is 26.3 Å². The molecule has 0 unspecified atom stereocenters. The Kier molecular flexibility index (Phi) is 3.86. The predicted octanol–water partition coefficient (Wildman–Crippen LogP) is -0.544. The van der Waals surface area contributed by atoms with Crippen LogP contribution < -0.4 is 4.89 Å². The van der Waals surface area contributed by atoms with Gasteiger partial charge >= 0.3 is 6.47 Å². The molecule has 1 rings (SSSR count). The summed E-state index contributed by atoms with van der Waals surface area (Å²) >= 11 is 0. The molecule has 0 fully saturated rings. The van der Waals surface area contributed by atoms with Gasteiger partial charge in [-0.1, -0.05) is 6.07 Å². The van der Waals surface area contributed by atoms with Gasteiger partial charge in [0, 0.05) is 6.26 Å². The molecule has 17 heavy (non-hydrogen) atoms. The Balaban J connectivity index is 3.21. The first-order valence-corrected chi connectivity index (χ1v) is 7.56. The molecule has 9 heteroatoms. The minimum atomic E-state index is -4.07. The molecule has 1 aromatic carbocycles. The van der Waals surface area contributed by atoms with Gasteiger partial charge in [0.25, 0.3) is 10.0 Å². The Hall–Kier alpha value is -1.45. The Morgan fingerprint density at radius 3 is 2.29 bits per heavy atom. The number of sulfone groups is 1. The van der Waals surface area contributed by atoms with Gasteiger partial charge in [0.1, 0.15) is 0 Å². The highest BCUT2D eigenvalue weighted by Crippen LogP contribution is 2.15. The quantitative estimate of drug-likeness (QED) is 0.573. The summed E-state index contributed by atoms with van der Waals surface area (Å²) in [6.45, 7) is -0.0992. The number of hydrogen-bond acceptors (Lipinski definition) is 6. The van der Waals surface area contributed by atoms with E-state index in [1.807, 2.05) is 0 Å². The molecule has 0 saturated heterocycles. The van der Waals surface area contributed by atoms with Crippen LogP contribution in [0, 0.1) is 0 Å². The molecule has 1 aromatic rings. The summed E-state index contributed by atoms with van der Waals surface area (Å²) in [5.41, 5.74) is 0. The average Bonchev–Trinajstić information content (AvgIpc) is 2.25. The van der Waals surface area contributed by atoms with Gasteiger partial charge in [0.15, 0.2) is 9.84 Å². The van der Waals surface area contributed by atoms with Crippen molar-refractivity contribution in [3.05, 3.63) is 24.3 Å². The van der Waals surface area contributed by atoms with Gasteiger partial charge in [0.2, 0.25) is 0 Å². The van der Waals surface area contributed by atoms with Crippen molar-refractivity contribution in [2.75, 3.05) is 6.26 Å². The minimum absolute atomic E-state index is 0.0992. The fourth-order valence-corrected chi connectivity index (χ4v) is 2.55. The summed E-state index contributed by atoms with van der Waals surface area (Å²) in [6.07, 6.45) is 0.952. The third-order valence-corrected chi connectivity index (χ3v) is 4.05. The molecular formula is C8H9NO6S2. The summed E-state index contributed by atoms with van der Waals surface area (Å²) in [7, 11) is -7.58. The van der Waals surface area contributed by atoms with Gasteiger partial charge in [0.05, 0.1) is 9.79 Å². The summed E-state index contributed by atoms with van der Waals surface area (Å²) in [5, 5.41) is 0. The Labute approximate surface area is 98.3 Å². The Morgan fingerprint density at radius 2 is 1.76 bits per heavy atom. The van der Waals surface area contributed by atoms with E-state index in [4.69, 9.17) is 0 Å². The van der Waals surface area contributed by atoms with Crippen LogP contribution in [0.25, 0.3) is 0 Å². The number of hydrogen-bond donors (Lipinski definition) is 1. The number of rotatable bonds is 5. The van der Waals surface area contributed by atoms with Gasteiger partial charge in [-0.3, -0.25) is 4.79 Å². The standard InChI is InChI=1S/C8H9NO6S2/c1-16(11,12)7-3-2-4-8(5-7)17(13,14)9-15-6-10/h2-6,9H,1H3. The van der Waals surface area contributed by atoms with Crippen LogP contribution >= 0.6 is 0 Å². The second-order valence-electron chi connectivity index (χ2n) is 3.05. The Bertz CT molecular complexity index is 619. The molecule has 0 atom stereocenters. The third-order valence-electron chi connectivity index (χ3n) is 1.75. The molecule has 0 heterocycles. The topological polar surface area (TPSA) is 107 Å². The van der Waals surface area contributed by atoms with E-state index in [1.165, 1.54) is 23.1 Å². The predicted molar refractivity (Wildman–Crippen MR) is 57.0 cm³/mol. The lowest BCUT2D eigenvalue weighted by Crippen LogP contribution is -2.23. The number of carbonyl (C=O) groups excluding carboxylic acids is 1. The van der Waals surface area contributed by atoms with Crippen LogP contribution in [0.3, 0.4) is 0 Å². The molecule has 0 spiro atoms. The van der Waals surface area contributed by atoms with Crippen LogP contribution in [0.4, 0.5) is 0 Å². The van der Waals surface area contributed by atoms with E-state index in [0.717, 1.165) is 12.3 Å². The van der Waals surface area contributed by atoms with E-state index in [0.29, 0.717) is 0 Å². The lowest BCUT2D eigenvalue weighted by atomic mass is 10.4. The largest absolute Gasteiger partial charge is 0.358 e. The Morgan fingerprint density at radius 1 is 1.18 bits per heavy atom. The summed E-state index contributed by atoms with van der Waals surface area (Å²) < 4.78 is 45.4. The second kappa shape index (κ2) is 4.82. The van der Waals surface area contributed by atoms with Crippen LogP contribution in [-0.4, -0.2) is 29.6 Å². The van der Waals surface area contributed by atoms with E-state index in [2.05, 4.69) is 4.84 Å². The molecule has 0 bridgehead atoms. The van der Waals surface area contributed by atoms with Crippen molar-refractivity contribution in [1.82, 2.24) is 4.89 Å². The highest BCUT2D eigenvalue weighted by Gasteiger charge is 2.17. The maximum atomic E-state index is 11.5. The zero-order valence-electron chi connectivity index (χ0n) is 8.65. The number of carbonyl (C=O) groups is 1. The molecule has 0 saturated carbocycles. The molecule has 7 nitrogen and oxygen atoms in total. The third kappa shape index (κ3) is 3.51. The molecule has 1 N–H and O–H groups in total. The summed E-state index contributed by atoms with van der Waals surface area (Å²) in [5.74, 6) is 0. The molecule has 0 aliphatic carbocycles. The van der Waals surface area contributed by atoms with Crippen molar-refractivity contribution < 1.29 is 26.5 Å². The smallest absolute Gasteiger partial charge is 0.314 e. The van der Waals surface area contributed by atoms with Crippen LogP contribution in [-0.2, 0) is 29.5 Å². The molecule has 0 amide bonds. The molecule has 94 valence electrons. The molecule has 0 aromatic heterocycles. The molecule has 0 radical (unpaired) electrons. The van der Waals surface area contributed by atoms with Crippen LogP contribution in [0.5, 0.6) is 0 Å². The van der Waals surface area contributed by atoms with E-state index in [-0.39, 0.29) is 16.3 Å². The summed E-state index contributed by atoms with van der Waals surface area (Å²) in [4.78, 5) is 14.8. The lowest BCUT2D eigenvalue weighted by Gasteiger charge is -2.05. The number of sulfonamides is 1. The van der Waals surface area contributed by atoms with Crippen molar-refractivity contribution in [2.24, 2.45) is 0 Å². The fraction of sp³-hybridized carbons (Fsp3) is 0.125. The van der Waals surface area contributed by atoms with Gasteiger partial charge in [-0.05, 0) is 23.1 Å². The first kappa shape index (κ1) is 13.6. The zero-order chi connectivity index (χ0) is 13.1. The van der Waals surface area contributed by atoms with Gasteiger partial charge < -0.3 is 4.84 Å². The highest BCUT2D eigenvalue weighted by atomic mass is 32.2. The first-order chi connectivity index (χ1) is 7.77. The lowest BCUT2D eigenvalue weighted by molar-refractivity contribution is -0.131. The summed E-state index contributed by atoms with van der Waals surface area (Å²) in [6, 6.07) is 4.66. The van der Waals surface area contributed by atoms with Crippen LogP contribution in [0.1, 0.15) is 0 Å². The molecule has 0 aliphatic rings. The van der Waals surface area contributed by atoms with Gasteiger partial charge in [-0.15, -0.1) is 0 Å². The fourth-order valence-electron chi connectivity index (χ4n) is 1.00. The number of benzene rings is 1. The van der Waals surface area contributed by atoms with Crippen molar-refractivity contribution in [1.29, 1.82) is 0 Å². The van der Waals surface area contributed by atoms with E-state index in [9.17, 15) is 21.6 Å². The maximum Gasteiger partial charge on any atom is 0.314 e. The maximum absolute atomic E-state index is 11.5. The van der Waals surface area contributed by atoms with Crippen molar-refractivity contribution in [3.63, 3.8) is 0 Å². The van der Waals surface area contributed by atoms with Crippen molar-refractivity contribution in [2.45, 2.75) is 9.79 Å². The SMILES string of the molecule is CS(=O)(=O)c1cccc(S(=O)(=O)NOC=O)c1. The van der Waals surface area contributed by atoms with Gasteiger partial charge in [-0.25, -0.2) is 16.8 Å². The van der Waals surface area contributed by atoms with E-state index in [1.54, 1.807) is 0 Å². The first-order valence-electron chi connectivity index (χ1n) is 4.18. The highest BCUT2D eigenvalue weighted by molar-refractivity contribution is 7.91. The number of nitrogens with one attached hydrogen (secondary N) is 1. The van der Waals surface area contributed by atoms with Gasteiger partial charge in [-0.2, -0.15) is 0 Å². The molecule has 0 aliphatic heterocycles. The molecular weight excluding hydrogens is 270 g/mol. The second-order valence-corrected chi connectivity index (χ2v) is 6.71. The van der Waals surface area contributed by atoms with Crippen LogP contribution in [0.2, 0.25) is 0 Å².